The zero-order valence-electron chi connectivity index (χ0n) is 14.9. The lowest BCUT2D eigenvalue weighted by molar-refractivity contribution is -0.113. The number of methoxy groups -OCH3 is 1. The summed E-state index contributed by atoms with van der Waals surface area (Å²) in [6, 6.07) is 12.9. The van der Waals surface area contributed by atoms with Crippen molar-refractivity contribution < 1.29 is 14.1 Å². The number of rotatable bonds is 7. The third-order valence-corrected chi connectivity index (χ3v) is 4.82. The molecule has 0 atom stereocenters. The number of hydrogen-bond acceptors (Lipinski definition) is 6. The number of anilines is 1. The number of carbonyl (C=O) groups is 1. The third kappa shape index (κ3) is 5.24. The van der Waals surface area contributed by atoms with E-state index in [1.165, 1.54) is 24.4 Å². The monoisotopic (exact) mass is 403 g/mol. The van der Waals surface area contributed by atoms with E-state index in [0.29, 0.717) is 33.9 Å². The molecule has 3 rings (SSSR count). The molecule has 0 radical (unpaired) electrons. The van der Waals surface area contributed by atoms with Gasteiger partial charge in [0.05, 0.1) is 24.3 Å². The molecule has 1 heterocycles. The molecule has 0 aliphatic carbocycles. The highest BCUT2D eigenvalue weighted by atomic mass is 35.5. The fraction of sp³-hybridized carbons (Fsp3) is 0.211. The minimum atomic E-state index is -0.168. The molecule has 3 aromatic rings. The van der Waals surface area contributed by atoms with Crippen LogP contribution in [0.5, 0.6) is 5.75 Å². The lowest BCUT2D eigenvalue weighted by atomic mass is 10.1. The maximum atomic E-state index is 12.1. The van der Waals surface area contributed by atoms with E-state index in [0.717, 1.165) is 5.56 Å². The molecule has 27 heavy (non-hydrogen) atoms. The molecule has 0 spiro atoms. The normalized spacial score (nSPS) is 10.6. The van der Waals surface area contributed by atoms with Gasteiger partial charge < -0.3 is 14.6 Å². The van der Waals surface area contributed by atoms with Gasteiger partial charge in [0.15, 0.2) is 0 Å². The number of benzene rings is 2. The number of nitrogens with one attached hydrogen (secondary N) is 1. The second kappa shape index (κ2) is 8.92. The molecule has 140 valence electrons. The van der Waals surface area contributed by atoms with E-state index in [-0.39, 0.29) is 11.7 Å². The Labute approximate surface area is 166 Å². The average molecular weight is 404 g/mol. The molecule has 6 nitrogen and oxygen atoms in total. The van der Waals surface area contributed by atoms with Crippen LogP contribution in [0.2, 0.25) is 5.02 Å². The summed E-state index contributed by atoms with van der Waals surface area (Å²) in [5.41, 5.74) is 2.60. The summed E-state index contributed by atoms with van der Waals surface area (Å²) >= 11 is 7.34. The molecule has 2 aromatic carbocycles. The van der Waals surface area contributed by atoms with Crippen LogP contribution < -0.4 is 10.1 Å². The van der Waals surface area contributed by atoms with Crippen LogP contribution in [0.15, 0.2) is 47.0 Å². The molecular weight excluding hydrogens is 386 g/mol. The first-order chi connectivity index (χ1) is 13.0. The predicted octanol–water partition coefficient (Wildman–Crippen LogP) is 4.58. The zero-order chi connectivity index (χ0) is 19.2. The van der Waals surface area contributed by atoms with E-state index in [1.807, 2.05) is 31.2 Å². The second-order valence-corrected chi connectivity index (χ2v) is 7.19. The number of hydrogen-bond donors (Lipinski definition) is 1. The van der Waals surface area contributed by atoms with E-state index in [1.54, 1.807) is 18.2 Å². The molecule has 1 amide bonds. The lowest BCUT2D eigenvalue weighted by Crippen LogP contribution is -2.14. The lowest BCUT2D eigenvalue weighted by Gasteiger charge is -2.10. The maximum absolute atomic E-state index is 12.1. The molecule has 0 saturated carbocycles. The standard InChI is InChI=1S/C19H18ClN3O3S/c1-12-3-5-13(6-4-12)19-22-18(26-23-19)11-27-10-17(24)21-15-9-14(20)7-8-16(15)25-2/h3-9H,10-11H2,1-2H3,(H,21,24). The van der Waals surface area contributed by atoms with Gasteiger partial charge in [-0.2, -0.15) is 4.98 Å². The molecule has 0 bridgehead atoms. The Morgan fingerprint density at radius 3 is 2.78 bits per heavy atom. The summed E-state index contributed by atoms with van der Waals surface area (Å²) < 4.78 is 10.5. The topological polar surface area (TPSA) is 77.2 Å². The van der Waals surface area contributed by atoms with Gasteiger partial charge in [0, 0.05) is 10.6 Å². The number of aryl methyl sites for hydroxylation is 1. The van der Waals surface area contributed by atoms with Crippen molar-refractivity contribution in [1.29, 1.82) is 0 Å². The van der Waals surface area contributed by atoms with E-state index in [9.17, 15) is 4.79 Å². The van der Waals surface area contributed by atoms with Crippen molar-refractivity contribution in [2.75, 3.05) is 18.2 Å². The zero-order valence-corrected chi connectivity index (χ0v) is 16.4. The van der Waals surface area contributed by atoms with Crippen molar-refractivity contribution in [3.05, 3.63) is 58.9 Å². The van der Waals surface area contributed by atoms with Gasteiger partial charge in [0.1, 0.15) is 5.75 Å². The van der Waals surface area contributed by atoms with Crippen LogP contribution in [-0.4, -0.2) is 28.9 Å². The minimum Gasteiger partial charge on any atom is -0.495 e. The quantitative estimate of drug-likeness (QED) is 0.622. The van der Waals surface area contributed by atoms with E-state index in [2.05, 4.69) is 15.5 Å². The number of amides is 1. The van der Waals surface area contributed by atoms with Crippen LogP contribution in [0.4, 0.5) is 5.69 Å². The fourth-order valence-electron chi connectivity index (χ4n) is 2.33. The van der Waals surface area contributed by atoms with Gasteiger partial charge in [-0.25, -0.2) is 0 Å². The number of thioether (sulfide) groups is 1. The fourth-order valence-corrected chi connectivity index (χ4v) is 3.15. The number of aromatic nitrogens is 2. The Hall–Kier alpha value is -2.51. The predicted molar refractivity (Wildman–Crippen MR) is 107 cm³/mol. The summed E-state index contributed by atoms with van der Waals surface area (Å²) in [6.45, 7) is 2.02. The van der Waals surface area contributed by atoms with Crippen molar-refractivity contribution in [2.45, 2.75) is 12.7 Å². The maximum Gasteiger partial charge on any atom is 0.236 e. The molecule has 0 fully saturated rings. The summed E-state index contributed by atoms with van der Waals surface area (Å²) in [7, 11) is 1.54. The highest BCUT2D eigenvalue weighted by molar-refractivity contribution is 7.99. The number of halogens is 1. The summed E-state index contributed by atoms with van der Waals surface area (Å²) in [5.74, 6) is 2.08. The summed E-state index contributed by atoms with van der Waals surface area (Å²) in [6.07, 6.45) is 0. The van der Waals surface area contributed by atoms with Crippen LogP contribution >= 0.6 is 23.4 Å². The van der Waals surface area contributed by atoms with Gasteiger partial charge in [-0.1, -0.05) is 46.6 Å². The van der Waals surface area contributed by atoms with Gasteiger partial charge in [-0.05, 0) is 25.1 Å². The molecule has 0 unspecified atom stereocenters. The Balaban J connectivity index is 1.52. The number of ether oxygens (including phenoxy) is 1. The molecule has 0 aliphatic heterocycles. The first kappa shape index (κ1) is 19.3. The first-order valence-corrected chi connectivity index (χ1v) is 9.69. The smallest absolute Gasteiger partial charge is 0.236 e. The Morgan fingerprint density at radius 2 is 2.04 bits per heavy atom. The van der Waals surface area contributed by atoms with Crippen LogP contribution in [0.1, 0.15) is 11.5 Å². The van der Waals surface area contributed by atoms with Gasteiger partial charge in [-0.3, -0.25) is 4.79 Å². The molecule has 8 heteroatoms. The van der Waals surface area contributed by atoms with E-state index >= 15 is 0 Å². The third-order valence-electron chi connectivity index (χ3n) is 3.67. The molecular formula is C19H18ClN3O3S. The van der Waals surface area contributed by atoms with Crippen molar-refractivity contribution in [1.82, 2.24) is 10.1 Å². The first-order valence-electron chi connectivity index (χ1n) is 8.16. The SMILES string of the molecule is COc1ccc(Cl)cc1NC(=O)CSCc1nc(-c2ccc(C)cc2)no1. The van der Waals surface area contributed by atoms with Gasteiger partial charge in [-0.15, -0.1) is 11.8 Å². The van der Waals surface area contributed by atoms with Gasteiger partial charge in [0.2, 0.25) is 17.6 Å². The molecule has 1 N–H and O–H groups in total. The molecule has 0 aliphatic rings. The van der Waals surface area contributed by atoms with Gasteiger partial charge in [0.25, 0.3) is 0 Å². The summed E-state index contributed by atoms with van der Waals surface area (Å²) in [5, 5.41) is 7.29. The van der Waals surface area contributed by atoms with Crippen LogP contribution in [0.25, 0.3) is 11.4 Å². The van der Waals surface area contributed by atoms with Crippen LogP contribution in [-0.2, 0) is 10.5 Å². The Morgan fingerprint density at radius 1 is 1.26 bits per heavy atom. The summed E-state index contributed by atoms with van der Waals surface area (Å²) in [4.78, 5) is 16.5. The number of carbonyl (C=O) groups excluding carboxylic acids is 1. The molecule has 1 aromatic heterocycles. The Bertz CT molecular complexity index is 928. The van der Waals surface area contributed by atoms with Crippen molar-refractivity contribution >= 4 is 35.0 Å². The average Bonchev–Trinajstić information content (AvgIpc) is 3.11. The number of nitrogens with zero attached hydrogens (tertiary/aromatic N) is 2. The highest BCUT2D eigenvalue weighted by Crippen LogP contribution is 2.28. The Kier molecular flexibility index (Phi) is 6.36. The van der Waals surface area contributed by atoms with E-state index < -0.39 is 0 Å². The molecule has 0 saturated heterocycles. The van der Waals surface area contributed by atoms with Crippen LogP contribution in [0.3, 0.4) is 0 Å². The van der Waals surface area contributed by atoms with Crippen molar-refractivity contribution in [2.24, 2.45) is 0 Å². The van der Waals surface area contributed by atoms with Crippen molar-refractivity contribution in [3.8, 4) is 17.1 Å². The second-order valence-electron chi connectivity index (χ2n) is 5.76. The minimum absolute atomic E-state index is 0.168. The largest absolute Gasteiger partial charge is 0.495 e. The van der Waals surface area contributed by atoms with E-state index in [4.69, 9.17) is 20.9 Å². The van der Waals surface area contributed by atoms with Gasteiger partial charge >= 0.3 is 0 Å². The van der Waals surface area contributed by atoms with Crippen molar-refractivity contribution in [3.63, 3.8) is 0 Å². The highest BCUT2D eigenvalue weighted by Gasteiger charge is 2.11. The van der Waals surface area contributed by atoms with Crippen LogP contribution in [0, 0.1) is 6.92 Å².